The lowest BCUT2D eigenvalue weighted by atomic mass is 9.78. The third-order valence-electron chi connectivity index (χ3n) is 4.66. The molecule has 1 aromatic heterocycles. The average molecular weight is 281 g/mol. The van der Waals surface area contributed by atoms with E-state index in [1.165, 1.54) is 25.7 Å². The van der Waals surface area contributed by atoms with Crippen molar-refractivity contribution in [2.24, 2.45) is 5.92 Å². The second-order valence-corrected chi connectivity index (χ2v) is 5.82. The van der Waals surface area contributed by atoms with Gasteiger partial charge in [-0.25, -0.2) is 13.8 Å². The second-order valence-electron chi connectivity index (χ2n) is 5.82. The number of halogens is 2. The number of anilines is 2. The monoisotopic (exact) mass is 281 g/mol. The van der Waals surface area contributed by atoms with Crippen molar-refractivity contribution >= 4 is 11.6 Å². The number of rotatable bonds is 2. The van der Waals surface area contributed by atoms with Gasteiger partial charge in [-0.1, -0.05) is 12.8 Å². The predicted octanol–water partition coefficient (Wildman–Crippen LogP) is 3.56. The van der Waals surface area contributed by atoms with Crippen LogP contribution in [0, 0.1) is 17.6 Å². The molecule has 20 heavy (non-hydrogen) atoms. The molecule has 2 heterocycles. The molecule has 5 heteroatoms. The summed E-state index contributed by atoms with van der Waals surface area (Å²) in [5.41, 5.74) is 0. The first-order chi connectivity index (χ1) is 9.70. The first-order valence-corrected chi connectivity index (χ1v) is 7.51. The fraction of sp³-hybridized carbons (Fsp3) is 0.667. The van der Waals surface area contributed by atoms with Crippen LogP contribution in [0.1, 0.15) is 38.5 Å². The minimum atomic E-state index is -0.633. The number of hydrogen-bond acceptors (Lipinski definition) is 3. The molecule has 1 saturated carbocycles. The molecule has 3 rings (SSSR count). The smallest absolute Gasteiger partial charge is 0.168 e. The van der Waals surface area contributed by atoms with E-state index in [1.807, 2.05) is 0 Å². The Bertz CT molecular complexity index is 490. The maximum absolute atomic E-state index is 14.1. The van der Waals surface area contributed by atoms with Crippen molar-refractivity contribution < 1.29 is 8.78 Å². The van der Waals surface area contributed by atoms with Gasteiger partial charge in [-0.05, 0) is 31.6 Å². The highest BCUT2D eigenvalue weighted by Crippen LogP contribution is 2.38. The number of aromatic nitrogens is 1. The van der Waals surface area contributed by atoms with Gasteiger partial charge in [0.2, 0.25) is 0 Å². The number of pyridine rings is 1. The summed E-state index contributed by atoms with van der Waals surface area (Å²) >= 11 is 0. The summed E-state index contributed by atoms with van der Waals surface area (Å²) in [6, 6.07) is 1.32. The predicted molar refractivity (Wildman–Crippen MR) is 76.0 cm³/mol. The molecule has 2 aliphatic rings. The number of fused-ring (bicyclic) bond motifs is 1. The molecule has 2 unspecified atom stereocenters. The molecule has 1 aromatic rings. The van der Waals surface area contributed by atoms with E-state index in [-0.39, 0.29) is 5.82 Å². The van der Waals surface area contributed by atoms with Crippen LogP contribution in [-0.2, 0) is 0 Å². The molecule has 2 atom stereocenters. The molecule has 0 amide bonds. The fourth-order valence-corrected chi connectivity index (χ4v) is 3.72. The van der Waals surface area contributed by atoms with Gasteiger partial charge in [-0.15, -0.1) is 0 Å². The highest BCUT2D eigenvalue weighted by molar-refractivity contribution is 5.50. The van der Waals surface area contributed by atoms with E-state index >= 15 is 0 Å². The minimum absolute atomic E-state index is 0.124. The molecule has 1 N–H and O–H groups in total. The van der Waals surface area contributed by atoms with E-state index in [9.17, 15) is 8.78 Å². The summed E-state index contributed by atoms with van der Waals surface area (Å²) in [6.45, 7) is 0.819. The first kappa shape index (κ1) is 13.6. The SMILES string of the molecule is CNc1nc(N2CCCC3CCCCC32)c(F)cc1F. The molecule has 0 spiro atoms. The lowest BCUT2D eigenvalue weighted by molar-refractivity contribution is 0.241. The van der Waals surface area contributed by atoms with Crippen molar-refractivity contribution in [1.29, 1.82) is 0 Å². The van der Waals surface area contributed by atoms with Crippen molar-refractivity contribution in [2.75, 3.05) is 23.8 Å². The Hall–Kier alpha value is -1.39. The molecule has 1 aliphatic carbocycles. The maximum atomic E-state index is 14.1. The van der Waals surface area contributed by atoms with Crippen LogP contribution in [0.25, 0.3) is 0 Å². The van der Waals surface area contributed by atoms with Crippen LogP contribution in [0.5, 0.6) is 0 Å². The zero-order chi connectivity index (χ0) is 14.1. The number of hydrogen-bond donors (Lipinski definition) is 1. The van der Waals surface area contributed by atoms with Gasteiger partial charge >= 0.3 is 0 Å². The van der Waals surface area contributed by atoms with Crippen LogP contribution in [-0.4, -0.2) is 24.6 Å². The molecular formula is C15H21F2N3. The van der Waals surface area contributed by atoms with E-state index in [0.29, 0.717) is 17.8 Å². The van der Waals surface area contributed by atoms with E-state index < -0.39 is 11.6 Å². The van der Waals surface area contributed by atoms with Crippen LogP contribution in [0.2, 0.25) is 0 Å². The third kappa shape index (κ3) is 2.34. The Morgan fingerprint density at radius 2 is 1.90 bits per heavy atom. The summed E-state index contributed by atoms with van der Waals surface area (Å²) in [5.74, 6) is -0.104. The molecule has 3 nitrogen and oxygen atoms in total. The van der Waals surface area contributed by atoms with Gasteiger partial charge in [0.1, 0.15) is 0 Å². The van der Waals surface area contributed by atoms with E-state index in [2.05, 4.69) is 15.2 Å². The Morgan fingerprint density at radius 3 is 2.70 bits per heavy atom. The van der Waals surface area contributed by atoms with Crippen LogP contribution < -0.4 is 10.2 Å². The van der Waals surface area contributed by atoms with Crippen molar-refractivity contribution in [1.82, 2.24) is 4.98 Å². The molecule has 2 fully saturated rings. The van der Waals surface area contributed by atoms with Gasteiger partial charge in [0.15, 0.2) is 23.3 Å². The summed E-state index contributed by atoms with van der Waals surface area (Å²) in [7, 11) is 1.60. The van der Waals surface area contributed by atoms with Gasteiger partial charge in [0.05, 0.1) is 0 Å². The van der Waals surface area contributed by atoms with Crippen LogP contribution >= 0.6 is 0 Å². The molecule has 1 aliphatic heterocycles. The molecule has 110 valence electrons. The van der Waals surface area contributed by atoms with Crippen molar-refractivity contribution in [3.05, 3.63) is 17.7 Å². The van der Waals surface area contributed by atoms with E-state index in [1.54, 1.807) is 7.05 Å². The van der Waals surface area contributed by atoms with Crippen molar-refractivity contribution in [3.63, 3.8) is 0 Å². The largest absolute Gasteiger partial charge is 0.371 e. The Kier molecular flexibility index (Phi) is 3.76. The van der Waals surface area contributed by atoms with E-state index in [4.69, 9.17) is 0 Å². The molecule has 0 radical (unpaired) electrons. The van der Waals surface area contributed by atoms with Gasteiger partial charge in [0.25, 0.3) is 0 Å². The Labute approximate surface area is 118 Å². The van der Waals surface area contributed by atoms with Crippen LogP contribution in [0.3, 0.4) is 0 Å². The average Bonchev–Trinajstić information content (AvgIpc) is 2.47. The van der Waals surface area contributed by atoms with Gasteiger partial charge < -0.3 is 10.2 Å². The molecule has 0 bridgehead atoms. The molecule has 1 saturated heterocycles. The number of nitrogens with one attached hydrogen (secondary N) is 1. The zero-order valence-corrected chi connectivity index (χ0v) is 11.8. The lowest BCUT2D eigenvalue weighted by Crippen LogP contribution is -2.47. The maximum Gasteiger partial charge on any atom is 0.168 e. The first-order valence-electron chi connectivity index (χ1n) is 7.51. The minimum Gasteiger partial charge on any atom is -0.371 e. The summed E-state index contributed by atoms with van der Waals surface area (Å²) in [4.78, 5) is 6.24. The highest BCUT2D eigenvalue weighted by atomic mass is 19.1. The topological polar surface area (TPSA) is 28.2 Å². The summed E-state index contributed by atoms with van der Waals surface area (Å²) in [6.07, 6.45) is 7.08. The number of nitrogens with zero attached hydrogens (tertiary/aromatic N) is 2. The lowest BCUT2D eigenvalue weighted by Gasteiger charge is -2.44. The Morgan fingerprint density at radius 1 is 1.15 bits per heavy atom. The van der Waals surface area contributed by atoms with Gasteiger partial charge in [-0.3, -0.25) is 0 Å². The quantitative estimate of drug-likeness (QED) is 0.898. The second kappa shape index (κ2) is 5.54. The van der Waals surface area contributed by atoms with Crippen molar-refractivity contribution in [3.8, 4) is 0 Å². The normalized spacial score (nSPS) is 26.2. The number of piperidine rings is 1. The Balaban J connectivity index is 1.94. The fourth-order valence-electron chi connectivity index (χ4n) is 3.72. The van der Waals surface area contributed by atoms with Crippen LogP contribution in [0.4, 0.5) is 20.4 Å². The summed E-state index contributed by atoms with van der Waals surface area (Å²) in [5, 5.41) is 2.69. The van der Waals surface area contributed by atoms with Crippen LogP contribution in [0.15, 0.2) is 6.07 Å². The van der Waals surface area contributed by atoms with Gasteiger partial charge in [0, 0.05) is 25.7 Å². The molecular weight excluding hydrogens is 260 g/mol. The standard InChI is InChI=1S/C15H21F2N3/c1-18-14-11(16)9-12(17)15(19-14)20-8-4-6-10-5-2-3-7-13(10)20/h9-10,13H,2-8H2,1H3,(H,18,19). The third-order valence-corrected chi connectivity index (χ3v) is 4.66. The van der Waals surface area contributed by atoms with E-state index in [0.717, 1.165) is 25.5 Å². The summed E-state index contributed by atoms with van der Waals surface area (Å²) < 4.78 is 27.7. The zero-order valence-electron chi connectivity index (χ0n) is 11.8. The van der Waals surface area contributed by atoms with Gasteiger partial charge in [-0.2, -0.15) is 0 Å². The molecule has 0 aromatic carbocycles. The van der Waals surface area contributed by atoms with Crippen molar-refractivity contribution in [2.45, 2.75) is 44.6 Å². The highest BCUT2D eigenvalue weighted by Gasteiger charge is 2.35.